The summed E-state index contributed by atoms with van der Waals surface area (Å²) in [4.78, 5) is 11.9. The maximum atomic E-state index is 12.3. The van der Waals surface area contributed by atoms with Crippen molar-refractivity contribution in [3.63, 3.8) is 0 Å². The van der Waals surface area contributed by atoms with Crippen LogP contribution >= 0.6 is 0 Å². The molecule has 0 amide bonds. The summed E-state index contributed by atoms with van der Waals surface area (Å²) in [5.41, 5.74) is 2.72. The first-order valence-electron chi connectivity index (χ1n) is 10.9. The zero-order valence-corrected chi connectivity index (χ0v) is 20.3. The first-order chi connectivity index (χ1) is 16.3. The second-order valence-corrected chi connectivity index (χ2v) is 8.08. The number of ether oxygens (including phenoxy) is 2. The van der Waals surface area contributed by atoms with Crippen molar-refractivity contribution < 1.29 is 15.3 Å². The zero-order chi connectivity index (χ0) is 24.7. The van der Waals surface area contributed by atoms with E-state index in [9.17, 15) is 4.39 Å². The zero-order valence-electron chi connectivity index (χ0n) is 20.3. The minimum absolute atomic E-state index is 0. The molecule has 1 aromatic carbocycles. The first-order valence-corrected chi connectivity index (χ1v) is 10.9. The van der Waals surface area contributed by atoms with E-state index in [4.69, 9.17) is 9.47 Å². The van der Waals surface area contributed by atoms with Crippen LogP contribution < -0.4 is 9.47 Å². The van der Waals surface area contributed by atoms with E-state index in [2.05, 4.69) is 39.0 Å². The Morgan fingerprint density at radius 2 is 1.62 bits per heavy atom. The fourth-order valence-electron chi connectivity index (χ4n) is 3.36. The quantitative estimate of drug-likeness (QED) is 0.394. The third-order valence-corrected chi connectivity index (χ3v) is 4.85. The van der Waals surface area contributed by atoms with Crippen LogP contribution in [0.25, 0.3) is 17.1 Å². The summed E-state index contributed by atoms with van der Waals surface area (Å²) in [6.07, 6.45) is 6.78. The van der Waals surface area contributed by atoms with Crippen LogP contribution in [0.1, 0.15) is 32.5 Å². The van der Waals surface area contributed by atoms with Crippen molar-refractivity contribution in [1.82, 2.24) is 29.7 Å². The highest BCUT2D eigenvalue weighted by molar-refractivity contribution is 5.65. The van der Waals surface area contributed by atoms with E-state index in [-0.39, 0.29) is 7.24 Å². The minimum Gasteiger partial charge on any atom is -0.494 e. The molecule has 8 nitrogen and oxygen atoms in total. The van der Waals surface area contributed by atoms with Gasteiger partial charge >= 0.3 is 0 Å². The van der Waals surface area contributed by atoms with Gasteiger partial charge in [0.2, 0.25) is 0 Å². The normalized spacial score (nSPS) is 10.6. The summed E-state index contributed by atoms with van der Waals surface area (Å²) < 4.78 is 25.2. The Morgan fingerprint density at radius 3 is 2.18 bits per heavy atom. The Morgan fingerprint density at radius 1 is 0.971 bits per heavy atom. The van der Waals surface area contributed by atoms with Crippen LogP contribution in [0.15, 0.2) is 49.1 Å². The number of para-hydroxylation sites is 1. The monoisotopic (exact) mass is 466 g/mol. The first kappa shape index (κ1) is 24.8. The predicted octanol–water partition coefficient (Wildman–Crippen LogP) is 5.02. The summed E-state index contributed by atoms with van der Waals surface area (Å²) in [5.74, 6) is 3.66. The molecule has 0 radical (unpaired) electrons. The average Bonchev–Trinajstić information content (AvgIpc) is 3.21. The molecule has 0 spiro atoms. The highest BCUT2D eigenvalue weighted by Crippen LogP contribution is 2.35. The standard InChI is InChI=1S/C17H18N4O2.C8H11FN2.H2/c1-11-8-13(10-18-9-11)17-20-19-12(2)21(17)16-14(22-3)6-5-7-15(16)23-4;1-6(2)3-8-10-4-7(9)5-11-8;/h5-10H,1-4H3;4-6H,3H2,1-2H3;1H. The third-order valence-electron chi connectivity index (χ3n) is 4.85. The Balaban J connectivity index is 0.000000305. The van der Waals surface area contributed by atoms with Gasteiger partial charge in [0.1, 0.15) is 28.8 Å². The van der Waals surface area contributed by atoms with E-state index in [1.165, 1.54) is 12.4 Å². The summed E-state index contributed by atoms with van der Waals surface area (Å²) >= 11 is 0. The van der Waals surface area contributed by atoms with Gasteiger partial charge in [0.15, 0.2) is 11.6 Å². The molecule has 0 atom stereocenters. The number of methoxy groups -OCH3 is 2. The van der Waals surface area contributed by atoms with Gasteiger partial charge < -0.3 is 9.47 Å². The van der Waals surface area contributed by atoms with Gasteiger partial charge in [0.05, 0.1) is 26.6 Å². The van der Waals surface area contributed by atoms with Crippen molar-refractivity contribution in [3.8, 4) is 28.6 Å². The lowest BCUT2D eigenvalue weighted by Gasteiger charge is -2.16. The molecule has 4 aromatic rings. The van der Waals surface area contributed by atoms with Crippen LogP contribution in [0, 0.1) is 25.6 Å². The van der Waals surface area contributed by atoms with Crippen molar-refractivity contribution >= 4 is 0 Å². The van der Waals surface area contributed by atoms with E-state index in [0.29, 0.717) is 29.1 Å². The number of aryl methyl sites for hydroxylation is 2. The topological polar surface area (TPSA) is 87.8 Å². The van der Waals surface area contributed by atoms with Crippen LogP contribution in [-0.2, 0) is 6.42 Å². The third kappa shape index (κ3) is 5.92. The maximum Gasteiger partial charge on any atom is 0.170 e. The number of aromatic nitrogens is 6. The molecule has 34 heavy (non-hydrogen) atoms. The van der Waals surface area contributed by atoms with Gasteiger partial charge in [-0.05, 0) is 43.5 Å². The van der Waals surface area contributed by atoms with E-state index < -0.39 is 0 Å². The van der Waals surface area contributed by atoms with Crippen molar-refractivity contribution in [2.45, 2.75) is 34.1 Å². The SMILES string of the molecule is CC(C)Cc1ncc(F)cn1.COc1cccc(OC)c1-n1c(C)nnc1-c1cncc(C)c1.[HH]. The molecule has 9 heteroatoms. The van der Waals surface area contributed by atoms with Gasteiger partial charge in [0, 0.05) is 25.8 Å². The van der Waals surface area contributed by atoms with Gasteiger partial charge in [0.25, 0.3) is 0 Å². The molecule has 0 unspecified atom stereocenters. The molecule has 0 saturated heterocycles. The molecule has 0 bridgehead atoms. The van der Waals surface area contributed by atoms with Crippen LogP contribution in [-0.4, -0.2) is 43.9 Å². The Labute approximate surface area is 200 Å². The van der Waals surface area contributed by atoms with Crippen LogP contribution in [0.5, 0.6) is 11.5 Å². The largest absolute Gasteiger partial charge is 0.494 e. The lowest BCUT2D eigenvalue weighted by Crippen LogP contribution is -2.05. The van der Waals surface area contributed by atoms with E-state index in [0.717, 1.165) is 29.1 Å². The smallest absolute Gasteiger partial charge is 0.170 e. The molecule has 0 aliphatic rings. The van der Waals surface area contributed by atoms with Crippen molar-refractivity contribution in [3.05, 3.63) is 72.1 Å². The van der Waals surface area contributed by atoms with Crippen molar-refractivity contribution in [1.29, 1.82) is 0 Å². The fraction of sp³-hybridized carbons (Fsp3) is 0.320. The van der Waals surface area contributed by atoms with Crippen molar-refractivity contribution in [2.24, 2.45) is 5.92 Å². The Bertz CT molecular complexity index is 1210. The minimum atomic E-state index is -0.377. The maximum absolute atomic E-state index is 12.3. The van der Waals surface area contributed by atoms with Crippen molar-refractivity contribution in [2.75, 3.05) is 14.2 Å². The summed E-state index contributed by atoms with van der Waals surface area (Å²) in [5, 5.41) is 8.54. The van der Waals surface area contributed by atoms with Gasteiger partial charge in [-0.15, -0.1) is 10.2 Å². The molecule has 3 aromatic heterocycles. The number of halogens is 1. The molecule has 0 N–H and O–H groups in total. The molecule has 0 fully saturated rings. The Hall–Kier alpha value is -3.88. The molecule has 0 saturated carbocycles. The highest BCUT2D eigenvalue weighted by Gasteiger charge is 2.20. The summed E-state index contributed by atoms with van der Waals surface area (Å²) in [6.45, 7) is 8.04. The molecule has 180 valence electrons. The molecular weight excluding hydrogens is 435 g/mol. The number of rotatable bonds is 6. The molecule has 0 aliphatic carbocycles. The summed E-state index contributed by atoms with van der Waals surface area (Å²) in [6, 6.07) is 7.68. The van der Waals surface area contributed by atoms with E-state index in [1.807, 2.05) is 42.7 Å². The lowest BCUT2D eigenvalue weighted by atomic mass is 10.1. The Kier molecular flexibility index (Phi) is 8.24. The van der Waals surface area contributed by atoms with Gasteiger partial charge in [-0.3, -0.25) is 9.55 Å². The van der Waals surface area contributed by atoms with Gasteiger partial charge in [-0.1, -0.05) is 19.9 Å². The fourth-order valence-corrected chi connectivity index (χ4v) is 3.36. The number of hydrogen-bond acceptors (Lipinski definition) is 7. The van der Waals surface area contributed by atoms with Crippen LogP contribution in [0.3, 0.4) is 0 Å². The number of hydrogen-bond donors (Lipinski definition) is 0. The van der Waals surface area contributed by atoms with E-state index >= 15 is 0 Å². The predicted molar refractivity (Wildman–Crippen MR) is 130 cm³/mol. The van der Waals surface area contributed by atoms with E-state index in [1.54, 1.807) is 26.6 Å². The lowest BCUT2D eigenvalue weighted by molar-refractivity contribution is 0.391. The average molecular weight is 467 g/mol. The van der Waals surface area contributed by atoms with Gasteiger partial charge in [-0.25, -0.2) is 14.4 Å². The van der Waals surface area contributed by atoms with Gasteiger partial charge in [-0.2, -0.15) is 0 Å². The highest BCUT2D eigenvalue weighted by atomic mass is 19.1. The molecule has 0 aliphatic heterocycles. The second kappa shape index (κ2) is 11.3. The molecule has 4 rings (SSSR count). The number of benzene rings is 1. The van der Waals surface area contributed by atoms with Crippen LogP contribution in [0.4, 0.5) is 4.39 Å². The summed E-state index contributed by atoms with van der Waals surface area (Å²) in [7, 11) is 3.26. The van der Waals surface area contributed by atoms with Crippen LogP contribution in [0.2, 0.25) is 0 Å². The number of pyridine rings is 1. The molecule has 3 heterocycles. The second-order valence-electron chi connectivity index (χ2n) is 8.08. The number of nitrogens with zero attached hydrogens (tertiary/aromatic N) is 6. The molecular formula is C25H31FN6O2.